The molecule has 0 radical (unpaired) electrons. The summed E-state index contributed by atoms with van der Waals surface area (Å²) in [5, 5.41) is 0. The molecule has 0 aliphatic carbocycles. The lowest BCUT2D eigenvalue weighted by Crippen LogP contribution is -2.33. The molecule has 4 nitrogen and oxygen atoms in total. The number of rotatable bonds is 4. The summed E-state index contributed by atoms with van der Waals surface area (Å²) in [6.45, 7) is 0.664. The zero-order chi connectivity index (χ0) is 19.8. The quantitative estimate of drug-likeness (QED) is 0.435. The summed E-state index contributed by atoms with van der Waals surface area (Å²) >= 11 is 0. The number of imidazole rings is 1. The number of benzene rings is 2. The zero-order valence-corrected chi connectivity index (χ0v) is 15.3. The lowest BCUT2D eigenvalue weighted by atomic mass is 10.1. The van der Waals surface area contributed by atoms with Crippen LogP contribution in [0.2, 0.25) is 0 Å². The standard InChI is InChI=1S/C23H15F2N3O/c24-18-4-1-3-17(22(18)25)23-26-19-10-11-28(14-20(19)27-23)13-15-6-8-16(9-7-15)21-5-2-12-29-21/h1-12,14H,13H2/p+1. The number of furan rings is 1. The van der Waals surface area contributed by atoms with Gasteiger partial charge in [0.05, 0.1) is 11.8 Å². The number of aromatic nitrogens is 3. The highest BCUT2D eigenvalue weighted by molar-refractivity contribution is 5.77. The van der Waals surface area contributed by atoms with Gasteiger partial charge in [0.1, 0.15) is 22.6 Å². The maximum Gasteiger partial charge on any atom is 0.195 e. The minimum atomic E-state index is -0.906. The van der Waals surface area contributed by atoms with Crippen molar-refractivity contribution in [1.29, 1.82) is 0 Å². The Labute approximate surface area is 165 Å². The Balaban J connectivity index is 1.42. The lowest BCUT2D eigenvalue weighted by Gasteiger charge is -2.00. The van der Waals surface area contributed by atoms with Crippen LogP contribution in [-0.2, 0) is 6.54 Å². The fourth-order valence-corrected chi connectivity index (χ4v) is 3.34. The molecular weight excluding hydrogens is 372 g/mol. The first-order chi connectivity index (χ1) is 14.2. The van der Waals surface area contributed by atoms with Crippen LogP contribution in [0.4, 0.5) is 8.78 Å². The van der Waals surface area contributed by atoms with Crippen molar-refractivity contribution < 1.29 is 17.8 Å². The van der Waals surface area contributed by atoms with E-state index in [1.54, 1.807) is 6.26 Å². The van der Waals surface area contributed by atoms with Gasteiger partial charge in [0.15, 0.2) is 30.6 Å². The fraction of sp³-hybridized carbons (Fsp3) is 0.0435. The topological polar surface area (TPSA) is 45.7 Å². The fourth-order valence-electron chi connectivity index (χ4n) is 3.34. The zero-order valence-electron chi connectivity index (χ0n) is 15.3. The molecule has 142 valence electrons. The number of halogens is 2. The van der Waals surface area contributed by atoms with Gasteiger partial charge >= 0.3 is 0 Å². The molecule has 2 aromatic carbocycles. The second-order valence-corrected chi connectivity index (χ2v) is 6.78. The molecule has 6 heteroatoms. The first-order valence-electron chi connectivity index (χ1n) is 9.13. The molecule has 0 atom stereocenters. The normalized spacial score (nSPS) is 11.2. The van der Waals surface area contributed by atoms with Gasteiger partial charge < -0.3 is 9.40 Å². The van der Waals surface area contributed by atoms with Crippen LogP contribution >= 0.6 is 0 Å². The Bertz CT molecular complexity index is 1290. The summed E-state index contributed by atoms with van der Waals surface area (Å²) in [7, 11) is 0. The van der Waals surface area contributed by atoms with Crippen molar-refractivity contribution in [2.24, 2.45) is 0 Å². The highest BCUT2D eigenvalue weighted by Crippen LogP contribution is 2.24. The Morgan fingerprint density at radius 3 is 2.62 bits per heavy atom. The van der Waals surface area contributed by atoms with Crippen molar-refractivity contribution in [1.82, 2.24) is 9.97 Å². The Morgan fingerprint density at radius 2 is 1.83 bits per heavy atom. The van der Waals surface area contributed by atoms with Crippen molar-refractivity contribution in [2.75, 3.05) is 0 Å². The number of aromatic amines is 1. The first kappa shape index (κ1) is 17.3. The summed E-state index contributed by atoms with van der Waals surface area (Å²) in [5.74, 6) is -0.662. The Kier molecular flexibility index (Phi) is 4.17. The minimum absolute atomic E-state index is 0.112. The molecule has 29 heavy (non-hydrogen) atoms. The molecule has 0 fully saturated rings. The summed E-state index contributed by atoms with van der Waals surface area (Å²) < 4.78 is 35.0. The molecule has 0 aliphatic heterocycles. The molecule has 1 N–H and O–H groups in total. The monoisotopic (exact) mass is 388 g/mol. The lowest BCUT2D eigenvalue weighted by molar-refractivity contribution is -0.687. The predicted molar refractivity (Wildman–Crippen MR) is 105 cm³/mol. The second kappa shape index (κ2) is 6.98. The van der Waals surface area contributed by atoms with E-state index in [2.05, 4.69) is 22.1 Å². The molecule has 0 amide bonds. The van der Waals surface area contributed by atoms with Crippen molar-refractivity contribution >= 4 is 11.0 Å². The number of nitrogens with one attached hydrogen (secondary N) is 1. The van der Waals surface area contributed by atoms with Gasteiger partial charge in [-0.15, -0.1) is 0 Å². The van der Waals surface area contributed by atoms with E-state index in [-0.39, 0.29) is 5.56 Å². The SMILES string of the molecule is Fc1cccc(-c2nc3cc[n+](Cc4ccc(-c5ccco5)cc4)cc3[nH]2)c1F. The number of H-pyrrole nitrogens is 1. The maximum atomic E-state index is 14.1. The highest BCUT2D eigenvalue weighted by atomic mass is 19.2. The molecule has 5 aromatic rings. The van der Waals surface area contributed by atoms with Gasteiger partial charge in [-0.2, -0.15) is 4.57 Å². The van der Waals surface area contributed by atoms with Crippen molar-refractivity contribution in [3.8, 4) is 22.7 Å². The molecule has 3 heterocycles. The van der Waals surface area contributed by atoms with E-state index in [1.165, 1.54) is 12.1 Å². The predicted octanol–water partition coefficient (Wildman–Crippen LogP) is 5.10. The molecule has 0 unspecified atom stereocenters. The van der Waals surface area contributed by atoms with Crippen molar-refractivity contribution in [2.45, 2.75) is 6.54 Å². The van der Waals surface area contributed by atoms with Crippen LogP contribution in [0.1, 0.15) is 5.56 Å². The van der Waals surface area contributed by atoms with Crippen LogP contribution in [0, 0.1) is 11.6 Å². The third-order valence-corrected chi connectivity index (χ3v) is 4.81. The van der Waals surface area contributed by atoms with E-state index in [9.17, 15) is 8.78 Å². The minimum Gasteiger partial charge on any atom is -0.464 e. The molecular formula is C23H16F2N3O+. The molecule has 0 bridgehead atoms. The maximum absolute atomic E-state index is 14.1. The van der Waals surface area contributed by atoms with Crippen molar-refractivity contribution in [3.63, 3.8) is 0 Å². The van der Waals surface area contributed by atoms with Gasteiger partial charge in [0.2, 0.25) is 0 Å². The van der Waals surface area contributed by atoms with E-state index in [0.717, 1.165) is 28.5 Å². The van der Waals surface area contributed by atoms with Crippen LogP contribution in [-0.4, -0.2) is 9.97 Å². The van der Waals surface area contributed by atoms with Gasteiger partial charge in [0.25, 0.3) is 0 Å². The molecule has 5 rings (SSSR count). The van der Waals surface area contributed by atoms with Gasteiger partial charge in [-0.05, 0) is 24.3 Å². The average molecular weight is 388 g/mol. The Morgan fingerprint density at radius 1 is 0.966 bits per heavy atom. The molecule has 0 aliphatic rings. The van der Waals surface area contributed by atoms with Crippen molar-refractivity contribution in [3.05, 3.63) is 96.5 Å². The van der Waals surface area contributed by atoms with Crippen LogP contribution in [0.3, 0.4) is 0 Å². The third-order valence-electron chi connectivity index (χ3n) is 4.81. The molecule has 0 saturated carbocycles. The Hall–Kier alpha value is -3.80. The van der Waals surface area contributed by atoms with Crippen LogP contribution in [0.15, 0.2) is 83.7 Å². The number of hydrogen-bond acceptors (Lipinski definition) is 2. The van der Waals surface area contributed by atoms with Gasteiger partial charge in [-0.1, -0.05) is 30.3 Å². The summed E-state index contributed by atoms with van der Waals surface area (Å²) in [4.78, 5) is 7.47. The van der Waals surface area contributed by atoms with Gasteiger partial charge in [-0.25, -0.2) is 13.8 Å². The van der Waals surface area contributed by atoms with Gasteiger partial charge in [-0.3, -0.25) is 0 Å². The summed E-state index contributed by atoms with van der Waals surface area (Å²) in [6.07, 6.45) is 5.47. The van der Waals surface area contributed by atoms with Crippen LogP contribution < -0.4 is 4.57 Å². The van der Waals surface area contributed by atoms with E-state index in [4.69, 9.17) is 4.42 Å². The number of hydrogen-bond donors (Lipinski definition) is 1. The van der Waals surface area contributed by atoms with Gasteiger partial charge in [0, 0.05) is 17.2 Å². The number of fused-ring (bicyclic) bond motifs is 1. The molecule has 0 saturated heterocycles. The first-order valence-corrected chi connectivity index (χ1v) is 9.13. The second-order valence-electron chi connectivity index (χ2n) is 6.78. The highest BCUT2D eigenvalue weighted by Gasteiger charge is 2.15. The summed E-state index contributed by atoms with van der Waals surface area (Å²) in [5.41, 5.74) is 3.70. The number of pyridine rings is 1. The molecule has 0 spiro atoms. The summed E-state index contributed by atoms with van der Waals surface area (Å²) in [6, 6.07) is 17.8. The molecule has 3 aromatic heterocycles. The van der Waals surface area contributed by atoms with Crippen LogP contribution in [0.5, 0.6) is 0 Å². The van der Waals surface area contributed by atoms with E-state index in [1.807, 2.05) is 47.3 Å². The largest absolute Gasteiger partial charge is 0.464 e. The van der Waals surface area contributed by atoms with E-state index in [0.29, 0.717) is 17.9 Å². The average Bonchev–Trinajstić information content (AvgIpc) is 3.40. The number of nitrogens with zero attached hydrogens (tertiary/aromatic N) is 2. The van der Waals surface area contributed by atoms with E-state index >= 15 is 0 Å². The van der Waals surface area contributed by atoms with E-state index < -0.39 is 11.6 Å². The third kappa shape index (κ3) is 3.29. The van der Waals surface area contributed by atoms with Crippen LogP contribution in [0.25, 0.3) is 33.7 Å². The smallest absolute Gasteiger partial charge is 0.195 e.